The first-order chi connectivity index (χ1) is 8.25. The molecule has 1 aliphatic rings. The van der Waals surface area contributed by atoms with E-state index in [0.29, 0.717) is 12.0 Å². The quantitative estimate of drug-likeness (QED) is 0.859. The first-order valence-corrected chi connectivity index (χ1v) is 6.72. The highest BCUT2D eigenvalue weighted by Crippen LogP contribution is 2.24. The molecule has 1 aromatic carbocycles. The Bertz CT molecular complexity index is 325. The molecule has 1 heterocycles. The fourth-order valence-corrected chi connectivity index (χ4v) is 2.20. The summed E-state index contributed by atoms with van der Waals surface area (Å²) >= 11 is 0. The second-order valence-corrected chi connectivity index (χ2v) is 5.28. The van der Waals surface area contributed by atoms with Crippen LogP contribution in [0.25, 0.3) is 0 Å². The van der Waals surface area contributed by atoms with Crippen LogP contribution >= 0.6 is 0 Å². The van der Waals surface area contributed by atoms with E-state index in [1.165, 1.54) is 24.8 Å². The molecule has 0 saturated carbocycles. The molecule has 0 spiro atoms. The van der Waals surface area contributed by atoms with Gasteiger partial charge in [0.1, 0.15) is 5.75 Å². The first kappa shape index (κ1) is 12.4. The van der Waals surface area contributed by atoms with Crippen LogP contribution in [0.3, 0.4) is 0 Å². The Morgan fingerprint density at radius 1 is 1.24 bits per heavy atom. The van der Waals surface area contributed by atoms with Crippen LogP contribution in [0.15, 0.2) is 24.3 Å². The number of ether oxygens (including phenoxy) is 1. The molecule has 17 heavy (non-hydrogen) atoms. The number of hydrogen-bond donors (Lipinski definition) is 1. The summed E-state index contributed by atoms with van der Waals surface area (Å²) in [6.45, 7) is 6.28. The molecule has 2 heteroatoms. The molecule has 0 aliphatic carbocycles. The number of piperidine rings is 1. The van der Waals surface area contributed by atoms with Crippen molar-refractivity contribution in [2.75, 3.05) is 13.2 Å². The zero-order valence-corrected chi connectivity index (χ0v) is 10.9. The van der Waals surface area contributed by atoms with Crippen molar-refractivity contribution in [3.63, 3.8) is 0 Å². The third kappa shape index (κ3) is 3.74. The molecule has 1 saturated heterocycles. The average Bonchev–Trinajstić information content (AvgIpc) is 2.38. The molecule has 2 rings (SSSR count). The standard InChI is InChI=1S/C15H23NO/c1-12(2)11-17-14-8-6-13(7-9-14)15-5-3-4-10-16-15/h6-9,12,15-16H,3-5,10-11H2,1-2H3. The molecular weight excluding hydrogens is 210 g/mol. The van der Waals surface area contributed by atoms with Gasteiger partial charge < -0.3 is 10.1 Å². The van der Waals surface area contributed by atoms with Gasteiger partial charge in [-0.2, -0.15) is 0 Å². The van der Waals surface area contributed by atoms with Crippen LogP contribution in [0.4, 0.5) is 0 Å². The Labute approximate surface area is 104 Å². The Balaban J connectivity index is 1.92. The van der Waals surface area contributed by atoms with E-state index in [4.69, 9.17) is 4.74 Å². The van der Waals surface area contributed by atoms with Gasteiger partial charge in [0.2, 0.25) is 0 Å². The SMILES string of the molecule is CC(C)COc1ccc(C2CCCCN2)cc1. The van der Waals surface area contributed by atoms with Gasteiger partial charge in [0.15, 0.2) is 0 Å². The van der Waals surface area contributed by atoms with Crippen molar-refractivity contribution in [1.29, 1.82) is 0 Å². The van der Waals surface area contributed by atoms with E-state index in [9.17, 15) is 0 Å². The van der Waals surface area contributed by atoms with Crippen LogP contribution < -0.4 is 10.1 Å². The van der Waals surface area contributed by atoms with Crippen molar-refractivity contribution in [3.8, 4) is 5.75 Å². The van der Waals surface area contributed by atoms with Crippen LogP contribution in [-0.2, 0) is 0 Å². The van der Waals surface area contributed by atoms with E-state index >= 15 is 0 Å². The van der Waals surface area contributed by atoms with Crippen molar-refractivity contribution in [2.45, 2.75) is 39.2 Å². The van der Waals surface area contributed by atoms with Crippen molar-refractivity contribution in [2.24, 2.45) is 5.92 Å². The lowest BCUT2D eigenvalue weighted by Gasteiger charge is -2.24. The summed E-state index contributed by atoms with van der Waals surface area (Å²) < 4.78 is 5.69. The molecule has 0 bridgehead atoms. The number of rotatable bonds is 4. The summed E-state index contributed by atoms with van der Waals surface area (Å²) in [6, 6.07) is 9.11. The molecule has 1 fully saturated rings. The van der Waals surface area contributed by atoms with Gasteiger partial charge in [0.05, 0.1) is 6.61 Å². The van der Waals surface area contributed by atoms with Crippen LogP contribution in [0, 0.1) is 5.92 Å². The Morgan fingerprint density at radius 3 is 2.59 bits per heavy atom. The van der Waals surface area contributed by atoms with Crippen LogP contribution in [-0.4, -0.2) is 13.2 Å². The van der Waals surface area contributed by atoms with E-state index in [0.717, 1.165) is 18.9 Å². The van der Waals surface area contributed by atoms with E-state index in [1.807, 2.05) is 0 Å². The zero-order valence-electron chi connectivity index (χ0n) is 10.9. The third-order valence-corrected chi connectivity index (χ3v) is 3.18. The highest BCUT2D eigenvalue weighted by atomic mass is 16.5. The van der Waals surface area contributed by atoms with Gasteiger partial charge in [-0.3, -0.25) is 0 Å². The maximum absolute atomic E-state index is 5.69. The van der Waals surface area contributed by atoms with E-state index < -0.39 is 0 Å². The largest absolute Gasteiger partial charge is 0.493 e. The Kier molecular flexibility index (Phi) is 4.43. The lowest BCUT2D eigenvalue weighted by atomic mass is 9.98. The number of hydrogen-bond acceptors (Lipinski definition) is 2. The zero-order chi connectivity index (χ0) is 12.1. The van der Waals surface area contributed by atoms with E-state index in [-0.39, 0.29) is 0 Å². The minimum absolute atomic E-state index is 0.544. The molecule has 1 unspecified atom stereocenters. The summed E-state index contributed by atoms with van der Waals surface area (Å²) in [5, 5.41) is 3.56. The topological polar surface area (TPSA) is 21.3 Å². The molecular formula is C15H23NO. The van der Waals surface area contributed by atoms with Gasteiger partial charge in [0, 0.05) is 6.04 Å². The van der Waals surface area contributed by atoms with Gasteiger partial charge in [-0.15, -0.1) is 0 Å². The lowest BCUT2D eigenvalue weighted by Crippen LogP contribution is -2.26. The molecule has 1 aliphatic heterocycles. The van der Waals surface area contributed by atoms with Gasteiger partial charge in [-0.25, -0.2) is 0 Å². The summed E-state index contributed by atoms with van der Waals surface area (Å²) in [5.41, 5.74) is 1.39. The Morgan fingerprint density at radius 2 is 2.00 bits per heavy atom. The van der Waals surface area contributed by atoms with Gasteiger partial charge in [-0.1, -0.05) is 32.4 Å². The third-order valence-electron chi connectivity index (χ3n) is 3.18. The van der Waals surface area contributed by atoms with Crippen molar-refractivity contribution in [1.82, 2.24) is 5.32 Å². The fourth-order valence-electron chi connectivity index (χ4n) is 2.20. The summed E-state index contributed by atoms with van der Waals surface area (Å²) in [7, 11) is 0. The smallest absolute Gasteiger partial charge is 0.119 e. The monoisotopic (exact) mass is 233 g/mol. The molecule has 1 atom stereocenters. The van der Waals surface area contributed by atoms with Gasteiger partial charge in [-0.05, 0) is 43.0 Å². The minimum Gasteiger partial charge on any atom is -0.493 e. The summed E-state index contributed by atoms with van der Waals surface area (Å²) in [5.74, 6) is 1.56. The number of nitrogens with one attached hydrogen (secondary N) is 1. The van der Waals surface area contributed by atoms with Crippen LogP contribution in [0.1, 0.15) is 44.7 Å². The van der Waals surface area contributed by atoms with Crippen molar-refractivity contribution in [3.05, 3.63) is 29.8 Å². The average molecular weight is 233 g/mol. The predicted molar refractivity (Wildman–Crippen MR) is 71.4 cm³/mol. The lowest BCUT2D eigenvalue weighted by molar-refractivity contribution is 0.271. The molecule has 1 aromatic rings. The van der Waals surface area contributed by atoms with Crippen LogP contribution in [0.5, 0.6) is 5.75 Å². The second kappa shape index (κ2) is 6.06. The molecule has 1 N–H and O–H groups in total. The van der Waals surface area contributed by atoms with Gasteiger partial charge in [0.25, 0.3) is 0 Å². The predicted octanol–water partition coefficient (Wildman–Crippen LogP) is 3.54. The maximum atomic E-state index is 5.69. The maximum Gasteiger partial charge on any atom is 0.119 e. The molecule has 94 valence electrons. The van der Waals surface area contributed by atoms with E-state index in [1.54, 1.807) is 0 Å². The summed E-state index contributed by atoms with van der Waals surface area (Å²) in [4.78, 5) is 0. The highest BCUT2D eigenvalue weighted by Gasteiger charge is 2.14. The minimum atomic E-state index is 0.544. The fraction of sp³-hybridized carbons (Fsp3) is 0.600. The van der Waals surface area contributed by atoms with Crippen LogP contribution in [0.2, 0.25) is 0 Å². The molecule has 0 radical (unpaired) electrons. The summed E-state index contributed by atoms with van der Waals surface area (Å²) in [6.07, 6.45) is 3.90. The normalized spacial score (nSPS) is 20.5. The van der Waals surface area contributed by atoms with Crippen molar-refractivity contribution >= 4 is 0 Å². The molecule has 0 amide bonds. The molecule has 2 nitrogen and oxygen atoms in total. The molecule has 0 aromatic heterocycles. The highest BCUT2D eigenvalue weighted by molar-refractivity contribution is 5.29. The first-order valence-electron chi connectivity index (χ1n) is 6.72. The van der Waals surface area contributed by atoms with E-state index in [2.05, 4.69) is 43.4 Å². The second-order valence-electron chi connectivity index (χ2n) is 5.28. The Hall–Kier alpha value is -1.02. The number of benzene rings is 1. The van der Waals surface area contributed by atoms with Gasteiger partial charge >= 0.3 is 0 Å². The van der Waals surface area contributed by atoms with Crippen molar-refractivity contribution < 1.29 is 4.74 Å².